The highest BCUT2D eigenvalue weighted by Gasteiger charge is 2.31. The summed E-state index contributed by atoms with van der Waals surface area (Å²) in [5.41, 5.74) is 0.455. The van der Waals surface area contributed by atoms with E-state index in [1.165, 1.54) is 17.9 Å². The number of anilines is 1. The number of phenols is 1. The van der Waals surface area contributed by atoms with Crippen molar-refractivity contribution < 1.29 is 19.8 Å². The number of aliphatic hydroxyl groups excluding tert-OH is 1. The molecule has 0 spiro atoms. The minimum Gasteiger partial charge on any atom is -0.505 e. The molecular formula is C12H13NO4. The zero-order chi connectivity index (χ0) is 12.6. The van der Waals surface area contributed by atoms with Crippen molar-refractivity contribution in [3.8, 4) is 5.75 Å². The number of β-amino-alcohol motifs (C(OH)–C–C–N with tert-alkyl or cyclic N) is 1. The van der Waals surface area contributed by atoms with E-state index in [1.807, 2.05) is 0 Å². The molecule has 1 amide bonds. The van der Waals surface area contributed by atoms with Crippen LogP contribution in [-0.4, -0.2) is 34.6 Å². The molecular weight excluding hydrogens is 222 g/mol. The quantitative estimate of drug-likeness (QED) is 0.739. The van der Waals surface area contributed by atoms with Gasteiger partial charge >= 0.3 is 0 Å². The Hall–Kier alpha value is -1.88. The lowest BCUT2D eigenvalue weighted by molar-refractivity contribution is -0.117. The van der Waals surface area contributed by atoms with E-state index in [1.54, 1.807) is 12.1 Å². The number of nitrogens with zero attached hydrogens (tertiary/aromatic N) is 1. The van der Waals surface area contributed by atoms with Gasteiger partial charge in [-0.3, -0.25) is 9.59 Å². The number of rotatable bonds is 2. The first kappa shape index (κ1) is 11.6. The Kier molecular flexibility index (Phi) is 2.85. The fourth-order valence-electron chi connectivity index (χ4n) is 1.95. The summed E-state index contributed by atoms with van der Waals surface area (Å²) in [5, 5.41) is 19.3. The van der Waals surface area contributed by atoms with Gasteiger partial charge in [-0.15, -0.1) is 0 Å². The molecule has 1 fully saturated rings. The third-order valence-electron chi connectivity index (χ3n) is 2.79. The van der Waals surface area contributed by atoms with Crippen LogP contribution in [0.1, 0.15) is 23.7 Å². The average Bonchev–Trinajstić information content (AvgIpc) is 2.57. The van der Waals surface area contributed by atoms with Crippen LogP contribution < -0.4 is 4.90 Å². The normalized spacial score (nSPS) is 19.8. The fraction of sp³-hybridized carbons (Fsp3) is 0.333. The van der Waals surface area contributed by atoms with Gasteiger partial charge in [0.1, 0.15) is 5.75 Å². The SMILES string of the molecule is CC(=O)c1cccc(N2CC(O)CC2=O)c1O. The summed E-state index contributed by atoms with van der Waals surface area (Å²) >= 11 is 0. The molecule has 1 atom stereocenters. The molecule has 17 heavy (non-hydrogen) atoms. The van der Waals surface area contributed by atoms with Crippen LogP contribution in [0.5, 0.6) is 5.75 Å². The van der Waals surface area contributed by atoms with Crippen molar-refractivity contribution in [2.45, 2.75) is 19.4 Å². The van der Waals surface area contributed by atoms with E-state index in [9.17, 15) is 19.8 Å². The van der Waals surface area contributed by atoms with Gasteiger partial charge in [0, 0.05) is 0 Å². The first-order chi connectivity index (χ1) is 8.00. The second-order valence-electron chi connectivity index (χ2n) is 4.09. The Bertz CT molecular complexity index is 483. The lowest BCUT2D eigenvalue weighted by atomic mass is 10.1. The van der Waals surface area contributed by atoms with Crippen molar-refractivity contribution >= 4 is 17.4 Å². The maximum Gasteiger partial charge on any atom is 0.229 e. The van der Waals surface area contributed by atoms with Crippen LogP contribution in [0, 0.1) is 0 Å². The van der Waals surface area contributed by atoms with Gasteiger partial charge in [-0.1, -0.05) is 6.07 Å². The molecule has 2 N–H and O–H groups in total. The van der Waals surface area contributed by atoms with Crippen LogP contribution in [0.25, 0.3) is 0 Å². The fourth-order valence-corrected chi connectivity index (χ4v) is 1.95. The number of aliphatic hydroxyl groups is 1. The zero-order valence-corrected chi connectivity index (χ0v) is 9.38. The number of carbonyl (C=O) groups excluding carboxylic acids is 2. The van der Waals surface area contributed by atoms with Gasteiger partial charge in [0.25, 0.3) is 0 Å². The summed E-state index contributed by atoms with van der Waals surface area (Å²) in [6, 6.07) is 4.65. The maximum atomic E-state index is 11.6. The summed E-state index contributed by atoms with van der Waals surface area (Å²) in [4.78, 5) is 24.2. The topological polar surface area (TPSA) is 77.8 Å². The summed E-state index contributed by atoms with van der Waals surface area (Å²) in [6.45, 7) is 1.49. The monoisotopic (exact) mass is 235 g/mol. The molecule has 0 bridgehead atoms. The van der Waals surface area contributed by atoms with Crippen molar-refractivity contribution in [1.82, 2.24) is 0 Å². The smallest absolute Gasteiger partial charge is 0.229 e. The highest BCUT2D eigenvalue weighted by molar-refractivity contribution is 6.02. The summed E-state index contributed by atoms with van der Waals surface area (Å²) < 4.78 is 0. The largest absolute Gasteiger partial charge is 0.505 e. The van der Waals surface area contributed by atoms with E-state index in [2.05, 4.69) is 0 Å². The summed E-state index contributed by atoms with van der Waals surface area (Å²) in [7, 11) is 0. The molecule has 0 saturated carbocycles. The number of aromatic hydroxyl groups is 1. The Balaban J connectivity index is 2.43. The second kappa shape index (κ2) is 4.18. The Morgan fingerprint density at radius 1 is 1.47 bits per heavy atom. The number of hydrogen-bond donors (Lipinski definition) is 2. The van der Waals surface area contributed by atoms with E-state index >= 15 is 0 Å². The van der Waals surface area contributed by atoms with Gasteiger partial charge in [-0.05, 0) is 19.1 Å². The van der Waals surface area contributed by atoms with Gasteiger partial charge < -0.3 is 15.1 Å². The summed E-state index contributed by atoms with van der Waals surface area (Å²) in [5.74, 6) is -0.729. The van der Waals surface area contributed by atoms with Gasteiger partial charge in [-0.2, -0.15) is 0 Å². The van der Waals surface area contributed by atoms with E-state index in [0.717, 1.165) is 0 Å². The third-order valence-corrected chi connectivity index (χ3v) is 2.79. The lowest BCUT2D eigenvalue weighted by Gasteiger charge is -2.18. The maximum absolute atomic E-state index is 11.6. The predicted molar refractivity (Wildman–Crippen MR) is 61.1 cm³/mol. The number of Topliss-reactive ketones (excluding diaryl/α,β-unsaturated/α-hetero) is 1. The highest BCUT2D eigenvalue weighted by Crippen LogP contribution is 2.33. The van der Waals surface area contributed by atoms with Crippen molar-refractivity contribution in [1.29, 1.82) is 0 Å². The molecule has 1 aromatic rings. The minimum atomic E-state index is -0.720. The van der Waals surface area contributed by atoms with Crippen LogP contribution in [0.2, 0.25) is 0 Å². The molecule has 90 valence electrons. The minimum absolute atomic E-state index is 0.0454. The first-order valence-electron chi connectivity index (χ1n) is 5.32. The Morgan fingerprint density at radius 2 is 2.18 bits per heavy atom. The van der Waals surface area contributed by atoms with Crippen molar-refractivity contribution in [2.75, 3.05) is 11.4 Å². The van der Waals surface area contributed by atoms with Crippen LogP contribution in [-0.2, 0) is 4.79 Å². The highest BCUT2D eigenvalue weighted by atomic mass is 16.3. The van der Waals surface area contributed by atoms with Gasteiger partial charge in [-0.25, -0.2) is 0 Å². The van der Waals surface area contributed by atoms with Crippen LogP contribution in [0.4, 0.5) is 5.69 Å². The number of hydrogen-bond acceptors (Lipinski definition) is 4. The third kappa shape index (κ3) is 2.01. The second-order valence-corrected chi connectivity index (χ2v) is 4.09. The van der Waals surface area contributed by atoms with Crippen molar-refractivity contribution in [3.63, 3.8) is 0 Å². The molecule has 0 aromatic heterocycles. The zero-order valence-electron chi connectivity index (χ0n) is 9.38. The van der Waals surface area contributed by atoms with Gasteiger partial charge in [0.05, 0.1) is 30.3 Å². The summed E-state index contributed by atoms with van der Waals surface area (Å²) in [6.07, 6.45) is -0.674. The van der Waals surface area contributed by atoms with Crippen molar-refractivity contribution in [3.05, 3.63) is 23.8 Å². The molecule has 1 aliphatic rings. The molecule has 0 aliphatic carbocycles. The number of ketones is 1. The average molecular weight is 235 g/mol. The van der Waals surface area contributed by atoms with Crippen molar-refractivity contribution in [2.24, 2.45) is 0 Å². The number of carbonyl (C=O) groups is 2. The molecule has 1 aliphatic heterocycles. The first-order valence-corrected chi connectivity index (χ1v) is 5.32. The van der Waals surface area contributed by atoms with E-state index in [-0.39, 0.29) is 41.7 Å². The van der Waals surface area contributed by atoms with Crippen LogP contribution in [0.15, 0.2) is 18.2 Å². The molecule has 2 rings (SSSR count). The Morgan fingerprint density at radius 3 is 2.71 bits per heavy atom. The molecule has 1 aromatic carbocycles. The van der Waals surface area contributed by atoms with E-state index in [0.29, 0.717) is 0 Å². The molecule has 1 saturated heterocycles. The standard InChI is InChI=1S/C12H13NO4/c1-7(14)9-3-2-4-10(12(9)17)13-6-8(15)5-11(13)16/h2-4,8,15,17H,5-6H2,1H3. The lowest BCUT2D eigenvalue weighted by Crippen LogP contribution is -2.25. The molecule has 1 unspecified atom stereocenters. The molecule has 5 heteroatoms. The van der Waals surface area contributed by atoms with Crippen LogP contribution in [0.3, 0.4) is 0 Å². The molecule has 5 nitrogen and oxygen atoms in total. The number of phenolic OH excluding ortho intramolecular Hbond substituents is 1. The Labute approximate surface area is 98.3 Å². The molecule has 1 heterocycles. The van der Waals surface area contributed by atoms with E-state index < -0.39 is 6.10 Å². The van der Waals surface area contributed by atoms with Gasteiger partial charge in [0.15, 0.2) is 5.78 Å². The van der Waals surface area contributed by atoms with Crippen LogP contribution >= 0.6 is 0 Å². The number of para-hydroxylation sites is 1. The number of benzene rings is 1. The molecule has 0 radical (unpaired) electrons. The van der Waals surface area contributed by atoms with E-state index in [4.69, 9.17) is 0 Å². The number of amides is 1. The predicted octanol–water partition coefficient (Wildman–Crippen LogP) is 0.692. The van der Waals surface area contributed by atoms with Gasteiger partial charge in [0.2, 0.25) is 5.91 Å².